The Hall–Kier alpha value is -1.91. The molecule has 0 heterocycles. The molecule has 0 atom stereocenters. The molecule has 0 bridgehead atoms. The van der Waals surface area contributed by atoms with Gasteiger partial charge in [0.1, 0.15) is 5.82 Å². The fourth-order valence-corrected chi connectivity index (χ4v) is 0.764. The first-order chi connectivity index (χ1) is 6.09. The van der Waals surface area contributed by atoms with Crippen molar-refractivity contribution in [2.45, 2.75) is 0 Å². The number of nitrogens with one attached hydrogen (secondary N) is 2. The number of benzene rings is 1. The molecule has 0 aliphatic carbocycles. The quantitative estimate of drug-likeness (QED) is 0.452. The summed E-state index contributed by atoms with van der Waals surface area (Å²) >= 11 is 0. The van der Waals surface area contributed by atoms with Crippen LogP contribution < -0.4 is 5.32 Å². The van der Waals surface area contributed by atoms with Crippen LogP contribution in [0.5, 0.6) is 0 Å². The molecule has 1 aromatic rings. The van der Waals surface area contributed by atoms with Crippen molar-refractivity contribution in [2.24, 2.45) is 0 Å². The molecule has 0 aromatic heterocycles. The molecule has 0 aliphatic heterocycles. The van der Waals surface area contributed by atoms with E-state index in [9.17, 15) is 9.18 Å². The summed E-state index contributed by atoms with van der Waals surface area (Å²) in [6.45, 7) is 0. The van der Waals surface area contributed by atoms with E-state index in [1.165, 1.54) is 18.2 Å². The lowest BCUT2D eigenvalue weighted by Gasteiger charge is -2.02. The van der Waals surface area contributed by atoms with Crippen LogP contribution in [-0.4, -0.2) is 16.9 Å². The zero-order valence-corrected chi connectivity index (χ0v) is 6.54. The SMILES string of the molecule is N=C(Nc1cccc(F)c1)C(=O)O. The molecule has 0 fully saturated rings. The summed E-state index contributed by atoms with van der Waals surface area (Å²) in [5, 5.41) is 17.5. The van der Waals surface area contributed by atoms with Crippen molar-refractivity contribution < 1.29 is 14.3 Å². The van der Waals surface area contributed by atoms with Crippen molar-refractivity contribution in [3.63, 3.8) is 0 Å². The molecule has 0 amide bonds. The van der Waals surface area contributed by atoms with E-state index >= 15 is 0 Å². The van der Waals surface area contributed by atoms with E-state index in [-0.39, 0.29) is 5.69 Å². The Morgan fingerprint density at radius 2 is 2.23 bits per heavy atom. The lowest BCUT2D eigenvalue weighted by atomic mass is 10.3. The molecule has 3 N–H and O–H groups in total. The maximum atomic E-state index is 12.6. The molecule has 4 nitrogen and oxygen atoms in total. The predicted molar refractivity (Wildman–Crippen MR) is 45.4 cm³/mol. The van der Waals surface area contributed by atoms with Crippen LogP contribution in [0.15, 0.2) is 24.3 Å². The number of anilines is 1. The molecule has 1 aromatic carbocycles. The van der Waals surface area contributed by atoms with Gasteiger partial charge in [-0.05, 0) is 18.2 Å². The van der Waals surface area contributed by atoms with Crippen molar-refractivity contribution in [1.29, 1.82) is 5.41 Å². The summed E-state index contributed by atoms with van der Waals surface area (Å²) in [4.78, 5) is 10.2. The standard InChI is InChI=1S/C8H7FN2O2/c9-5-2-1-3-6(4-5)11-7(10)8(12)13/h1-4H,(H2,10,11)(H,12,13). The Bertz CT molecular complexity index is 352. The highest BCUT2D eigenvalue weighted by atomic mass is 19.1. The van der Waals surface area contributed by atoms with E-state index < -0.39 is 17.6 Å². The number of halogens is 1. The van der Waals surface area contributed by atoms with Crippen LogP contribution in [0.3, 0.4) is 0 Å². The smallest absolute Gasteiger partial charge is 0.371 e. The number of aliphatic carboxylic acids is 1. The van der Waals surface area contributed by atoms with Gasteiger partial charge in [-0.25, -0.2) is 9.18 Å². The Morgan fingerprint density at radius 3 is 2.77 bits per heavy atom. The second-order valence-electron chi connectivity index (χ2n) is 2.32. The number of hydrogen-bond donors (Lipinski definition) is 3. The first kappa shape index (κ1) is 9.18. The van der Waals surface area contributed by atoms with Crippen molar-refractivity contribution in [1.82, 2.24) is 0 Å². The molecule has 0 radical (unpaired) electrons. The first-order valence-corrected chi connectivity index (χ1v) is 3.44. The summed E-state index contributed by atoms with van der Waals surface area (Å²) in [6.07, 6.45) is 0. The second-order valence-corrected chi connectivity index (χ2v) is 2.32. The molecule has 0 saturated carbocycles. The largest absolute Gasteiger partial charge is 0.475 e. The maximum absolute atomic E-state index is 12.6. The number of hydrogen-bond acceptors (Lipinski definition) is 2. The second kappa shape index (κ2) is 3.66. The fraction of sp³-hybridized carbons (Fsp3) is 0. The van der Waals surface area contributed by atoms with Gasteiger partial charge in [0.05, 0.1) is 0 Å². The number of carboxylic acids is 1. The van der Waals surface area contributed by atoms with E-state index in [2.05, 4.69) is 5.32 Å². The molecule has 68 valence electrons. The average molecular weight is 182 g/mol. The molecule has 0 spiro atoms. The van der Waals surface area contributed by atoms with Gasteiger partial charge in [0.2, 0.25) is 5.84 Å². The number of amidine groups is 1. The third kappa shape index (κ3) is 2.55. The van der Waals surface area contributed by atoms with Gasteiger partial charge in [0, 0.05) is 5.69 Å². The Kier molecular flexibility index (Phi) is 2.59. The summed E-state index contributed by atoms with van der Waals surface area (Å²) in [5.74, 6) is -2.56. The van der Waals surface area contributed by atoms with E-state index in [1.54, 1.807) is 0 Å². The molecule has 5 heteroatoms. The molecule has 0 unspecified atom stereocenters. The monoisotopic (exact) mass is 182 g/mol. The Labute approximate surface area is 73.5 Å². The zero-order valence-electron chi connectivity index (χ0n) is 6.54. The van der Waals surface area contributed by atoms with Crippen molar-refractivity contribution >= 4 is 17.5 Å². The average Bonchev–Trinajstić information content (AvgIpc) is 2.04. The van der Waals surface area contributed by atoms with Gasteiger partial charge in [-0.2, -0.15) is 0 Å². The van der Waals surface area contributed by atoms with Crippen molar-refractivity contribution in [3.05, 3.63) is 30.1 Å². The minimum Gasteiger partial charge on any atom is -0.475 e. The molecule has 0 saturated heterocycles. The van der Waals surface area contributed by atoms with Crippen LogP contribution in [0.4, 0.5) is 10.1 Å². The van der Waals surface area contributed by atoms with Crippen LogP contribution in [-0.2, 0) is 4.79 Å². The molecule has 0 aliphatic rings. The lowest BCUT2D eigenvalue weighted by Crippen LogP contribution is -2.20. The third-order valence-electron chi connectivity index (χ3n) is 1.31. The number of rotatable bonds is 1. The fourth-order valence-electron chi connectivity index (χ4n) is 0.764. The van der Waals surface area contributed by atoms with E-state index in [0.717, 1.165) is 6.07 Å². The summed E-state index contributed by atoms with van der Waals surface area (Å²) in [5.41, 5.74) is 0.243. The highest BCUT2D eigenvalue weighted by molar-refractivity contribution is 6.37. The summed E-state index contributed by atoms with van der Waals surface area (Å²) in [7, 11) is 0. The topological polar surface area (TPSA) is 73.2 Å². The zero-order chi connectivity index (χ0) is 9.84. The normalized spacial score (nSPS) is 9.31. The number of carbonyl (C=O) groups is 1. The minimum atomic E-state index is -1.38. The van der Waals surface area contributed by atoms with Gasteiger partial charge in [-0.3, -0.25) is 5.41 Å². The summed E-state index contributed by atoms with van der Waals surface area (Å²) in [6, 6.07) is 5.24. The Balaban J connectivity index is 2.75. The number of carboxylic acid groups (broad SMARTS) is 1. The molecular formula is C8H7FN2O2. The highest BCUT2D eigenvalue weighted by Gasteiger charge is 2.05. The molecular weight excluding hydrogens is 175 g/mol. The van der Waals surface area contributed by atoms with Gasteiger partial charge in [-0.1, -0.05) is 6.07 Å². The third-order valence-corrected chi connectivity index (χ3v) is 1.31. The Morgan fingerprint density at radius 1 is 1.54 bits per heavy atom. The molecule has 13 heavy (non-hydrogen) atoms. The van der Waals surface area contributed by atoms with Crippen LogP contribution in [0.2, 0.25) is 0 Å². The van der Waals surface area contributed by atoms with Crippen LogP contribution >= 0.6 is 0 Å². The van der Waals surface area contributed by atoms with E-state index in [0.29, 0.717) is 0 Å². The van der Waals surface area contributed by atoms with E-state index in [1.807, 2.05) is 0 Å². The van der Waals surface area contributed by atoms with Gasteiger partial charge in [-0.15, -0.1) is 0 Å². The minimum absolute atomic E-state index is 0.243. The van der Waals surface area contributed by atoms with Gasteiger partial charge >= 0.3 is 5.97 Å². The highest BCUT2D eigenvalue weighted by Crippen LogP contribution is 2.08. The van der Waals surface area contributed by atoms with Crippen molar-refractivity contribution in [3.8, 4) is 0 Å². The van der Waals surface area contributed by atoms with Gasteiger partial charge < -0.3 is 10.4 Å². The molecule has 1 rings (SSSR count). The maximum Gasteiger partial charge on any atom is 0.371 e. The lowest BCUT2D eigenvalue weighted by molar-refractivity contribution is -0.129. The first-order valence-electron chi connectivity index (χ1n) is 3.44. The van der Waals surface area contributed by atoms with Crippen LogP contribution in [0, 0.1) is 11.2 Å². The van der Waals surface area contributed by atoms with Gasteiger partial charge in [0.15, 0.2) is 0 Å². The van der Waals surface area contributed by atoms with Crippen molar-refractivity contribution in [2.75, 3.05) is 5.32 Å². The van der Waals surface area contributed by atoms with E-state index in [4.69, 9.17) is 10.5 Å². The predicted octanol–water partition coefficient (Wildman–Crippen LogP) is 1.30. The summed E-state index contributed by atoms with van der Waals surface area (Å²) < 4.78 is 12.6. The van der Waals surface area contributed by atoms with Crippen LogP contribution in [0.1, 0.15) is 0 Å². The van der Waals surface area contributed by atoms with Gasteiger partial charge in [0.25, 0.3) is 0 Å². The van der Waals surface area contributed by atoms with Crippen LogP contribution in [0.25, 0.3) is 0 Å².